The van der Waals surface area contributed by atoms with Gasteiger partial charge in [0.1, 0.15) is 18.2 Å². The maximum absolute atomic E-state index is 13.7. The number of hydrogen-bond donors (Lipinski definition) is 2. The van der Waals surface area contributed by atoms with E-state index in [-0.39, 0.29) is 23.8 Å². The fraction of sp³-hybridized carbons (Fsp3) is 0.133. The highest BCUT2D eigenvalue weighted by Crippen LogP contribution is 2.22. The lowest BCUT2D eigenvalue weighted by Crippen LogP contribution is -2.17. The zero-order chi connectivity index (χ0) is 14.5. The van der Waals surface area contributed by atoms with Crippen LogP contribution in [0.1, 0.15) is 16.7 Å². The normalized spacial score (nSPS) is 11.4. The van der Waals surface area contributed by atoms with Crippen molar-refractivity contribution in [3.8, 4) is 5.75 Å². The molecule has 0 heterocycles. The van der Waals surface area contributed by atoms with Crippen molar-refractivity contribution >= 4 is 5.84 Å². The number of benzene rings is 2. The molecule has 0 aliphatic carbocycles. The molecule has 0 radical (unpaired) electrons. The van der Waals surface area contributed by atoms with Gasteiger partial charge in [-0.3, -0.25) is 0 Å². The van der Waals surface area contributed by atoms with Crippen LogP contribution in [0.5, 0.6) is 5.75 Å². The van der Waals surface area contributed by atoms with Gasteiger partial charge in [0.05, 0.1) is 5.56 Å². The number of hydrogen-bond acceptors (Lipinski definition) is 3. The first-order valence-corrected chi connectivity index (χ1v) is 6.07. The first-order valence-electron chi connectivity index (χ1n) is 6.07. The minimum Gasteiger partial charge on any atom is -0.488 e. The van der Waals surface area contributed by atoms with E-state index < -0.39 is 5.82 Å². The Morgan fingerprint density at radius 1 is 1.25 bits per heavy atom. The molecule has 3 N–H and O–H groups in total. The van der Waals surface area contributed by atoms with Crippen LogP contribution in [0, 0.1) is 12.7 Å². The average molecular weight is 274 g/mol. The van der Waals surface area contributed by atoms with Gasteiger partial charge in [-0.1, -0.05) is 35.5 Å². The number of rotatable bonds is 4. The molecule has 4 nitrogen and oxygen atoms in total. The minimum atomic E-state index is -0.595. The fourth-order valence-corrected chi connectivity index (χ4v) is 1.85. The highest BCUT2D eigenvalue weighted by atomic mass is 19.1. The second-order valence-electron chi connectivity index (χ2n) is 4.31. The maximum atomic E-state index is 13.7. The second-order valence-corrected chi connectivity index (χ2v) is 4.31. The Bertz CT molecular complexity index is 642. The van der Waals surface area contributed by atoms with Crippen molar-refractivity contribution in [3.05, 3.63) is 65.0 Å². The average Bonchev–Trinajstić information content (AvgIpc) is 2.46. The van der Waals surface area contributed by atoms with E-state index in [0.717, 1.165) is 11.1 Å². The van der Waals surface area contributed by atoms with E-state index in [1.165, 1.54) is 12.1 Å². The van der Waals surface area contributed by atoms with Gasteiger partial charge in [0.25, 0.3) is 0 Å². The third-order valence-corrected chi connectivity index (χ3v) is 2.98. The van der Waals surface area contributed by atoms with Crippen LogP contribution in [-0.4, -0.2) is 11.0 Å². The minimum absolute atomic E-state index is 0.0383. The van der Waals surface area contributed by atoms with Gasteiger partial charge < -0.3 is 15.7 Å². The van der Waals surface area contributed by atoms with Gasteiger partial charge in [0, 0.05) is 0 Å². The quantitative estimate of drug-likeness (QED) is 0.390. The van der Waals surface area contributed by atoms with Crippen LogP contribution in [0.15, 0.2) is 47.6 Å². The lowest BCUT2D eigenvalue weighted by Gasteiger charge is -2.12. The molecule has 2 aromatic rings. The molecule has 0 bridgehead atoms. The molecular formula is C15H15FN2O2. The number of aryl methyl sites for hydroxylation is 1. The summed E-state index contributed by atoms with van der Waals surface area (Å²) >= 11 is 0. The standard InChI is InChI=1S/C15H15FN2O2/c1-10-5-2-3-6-11(10)9-20-13-8-4-7-12(16)14(13)15(17)18-19/h2-8,19H,9H2,1H3,(H2,17,18). The van der Waals surface area contributed by atoms with E-state index in [9.17, 15) is 4.39 Å². The van der Waals surface area contributed by atoms with Crippen molar-refractivity contribution in [2.75, 3.05) is 0 Å². The summed E-state index contributed by atoms with van der Waals surface area (Å²) in [5.41, 5.74) is 7.50. The predicted molar refractivity (Wildman–Crippen MR) is 74.4 cm³/mol. The summed E-state index contributed by atoms with van der Waals surface area (Å²) < 4.78 is 19.3. The predicted octanol–water partition coefficient (Wildman–Crippen LogP) is 2.81. The van der Waals surface area contributed by atoms with Crippen LogP contribution in [0.4, 0.5) is 4.39 Å². The van der Waals surface area contributed by atoms with E-state index in [1.807, 2.05) is 31.2 Å². The summed E-state index contributed by atoms with van der Waals surface area (Å²) in [7, 11) is 0. The summed E-state index contributed by atoms with van der Waals surface area (Å²) in [5, 5.41) is 11.5. The Hall–Kier alpha value is -2.56. The van der Waals surface area contributed by atoms with Gasteiger partial charge in [0.15, 0.2) is 5.84 Å². The van der Waals surface area contributed by atoms with Crippen LogP contribution >= 0.6 is 0 Å². The molecule has 0 aliphatic rings. The summed E-state index contributed by atoms with van der Waals surface area (Å²) in [6.07, 6.45) is 0. The topological polar surface area (TPSA) is 67.8 Å². The largest absolute Gasteiger partial charge is 0.488 e. The fourth-order valence-electron chi connectivity index (χ4n) is 1.85. The van der Waals surface area contributed by atoms with Crippen molar-refractivity contribution in [2.24, 2.45) is 10.9 Å². The molecule has 0 saturated carbocycles. The molecule has 2 rings (SSSR count). The van der Waals surface area contributed by atoms with Crippen molar-refractivity contribution in [2.45, 2.75) is 13.5 Å². The lowest BCUT2D eigenvalue weighted by molar-refractivity contribution is 0.300. The zero-order valence-electron chi connectivity index (χ0n) is 11.0. The van der Waals surface area contributed by atoms with Crippen LogP contribution in [0.2, 0.25) is 0 Å². The van der Waals surface area contributed by atoms with E-state index in [2.05, 4.69) is 5.16 Å². The SMILES string of the molecule is Cc1ccccc1COc1cccc(F)c1/C(N)=N/O. The van der Waals surface area contributed by atoms with Gasteiger partial charge in [-0.2, -0.15) is 0 Å². The Balaban J connectivity index is 2.27. The van der Waals surface area contributed by atoms with Gasteiger partial charge in [0.2, 0.25) is 0 Å². The Labute approximate surface area is 116 Å². The highest BCUT2D eigenvalue weighted by Gasteiger charge is 2.14. The molecule has 0 unspecified atom stereocenters. The molecule has 104 valence electrons. The number of halogens is 1. The van der Waals surface area contributed by atoms with Gasteiger partial charge in [-0.05, 0) is 30.2 Å². The van der Waals surface area contributed by atoms with Crippen molar-refractivity contribution < 1.29 is 14.3 Å². The molecule has 0 aliphatic heterocycles. The molecule has 0 amide bonds. The number of nitrogens with zero attached hydrogens (tertiary/aromatic N) is 1. The van der Waals surface area contributed by atoms with Crippen LogP contribution in [0.3, 0.4) is 0 Å². The number of amidine groups is 1. The maximum Gasteiger partial charge on any atom is 0.176 e. The van der Waals surface area contributed by atoms with Gasteiger partial charge in [-0.15, -0.1) is 0 Å². The summed E-state index contributed by atoms with van der Waals surface area (Å²) in [5.74, 6) is -0.672. The third-order valence-electron chi connectivity index (χ3n) is 2.98. The molecule has 0 fully saturated rings. The van der Waals surface area contributed by atoms with E-state index in [0.29, 0.717) is 0 Å². The molecule has 0 saturated heterocycles. The highest BCUT2D eigenvalue weighted by molar-refractivity contribution is 5.99. The molecule has 0 spiro atoms. The monoisotopic (exact) mass is 274 g/mol. The number of ether oxygens (including phenoxy) is 1. The number of oxime groups is 1. The van der Waals surface area contributed by atoms with Crippen molar-refractivity contribution in [3.63, 3.8) is 0 Å². The molecular weight excluding hydrogens is 259 g/mol. The molecule has 2 aromatic carbocycles. The lowest BCUT2D eigenvalue weighted by atomic mass is 10.1. The Morgan fingerprint density at radius 3 is 2.70 bits per heavy atom. The molecule has 5 heteroatoms. The summed E-state index contributed by atoms with van der Waals surface area (Å²) in [6, 6.07) is 12.1. The first-order chi connectivity index (χ1) is 9.63. The molecule has 0 aromatic heterocycles. The van der Waals surface area contributed by atoms with E-state index in [1.54, 1.807) is 6.07 Å². The van der Waals surface area contributed by atoms with Crippen molar-refractivity contribution in [1.29, 1.82) is 0 Å². The van der Waals surface area contributed by atoms with Crippen LogP contribution in [0.25, 0.3) is 0 Å². The summed E-state index contributed by atoms with van der Waals surface area (Å²) in [6.45, 7) is 2.25. The zero-order valence-corrected chi connectivity index (χ0v) is 11.0. The smallest absolute Gasteiger partial charge is 0.176 e. The third kappa shape index (κ3) is 2.88. The summed E-state index contributed by atoms with van der Waals surface area (Å²) in [4.78, 5) is 0. The van der Waals surface area contributed by atoms with Gasteiger partial charge in [-0.25, -0.2) is 4.39 Å². The first kappa shape index (κ1) is 13.9. The van der Waals surface area contributed by atoms with Gasteiger partial charge >= 0.3 is 0 Å². The molecule has 0 atom stereocenters. The number of nitrogens with two attached hydrogens (primary N) is 1. The Kier molecular flexibility index (Phi) is 4.20. The van der Waals surface area contributed by atoms with E-state index >= 15 is 0 Å². The Morgan fingerprint density at radius 2 is 2.00 bits per heavy atom. The van der Waals surface area contributed by atoms with Crippen LogP contribution in [-0.2, 0) is 6.61 Å². The van der Waals surface area contributed by atoms with Crippen molar-refractivity contribution in [1.82, 2.24) is 0 Å². The molecule has 20 heavy (non-hydrogen) atoms. The van der Waals surface area contributed by atoms with E-state index in [4.69, 9.17) is 15.7 Å². The second kappa shape index (κ2) is 6.06. The van der Waals surface area contributed by atoms with Crippen LogP contribution < -0.4 is 10.5 Å².